The molecule has 1 rings (SSSR count). The van der Waals surface area contributed by atoms with Crippen LogP contribution in [0.25, 0.3) is 0 Å². The number of aromatic nitrogens is 1. The molecule has 1 heterocycles. The molecule has 16 heavy (non-hydrogen) atoms. The maximum atomic E-state index is 5.80. The van der Waals surface area contributed by atoms with Crippen LogP contribution in [0.1, 0.15) is 20.8 Å². The Kier molecular flexibility index (Phi) is 5.02. The summed E-state index contributed by atoms with van der Waals surface area (Å²) in [5, 5.41) is 7.15. The van der Waals surface area contributed by atoms with Crippen LogP contribution in [0.15, 0.2) is 16.7 Å². The first-order chi connectivity index (χ1) is 7.38. The van der Waals surface area contributed by atoms with E-state index in [0.29, 0.717) is 5.15 Å². The molecule has 0 spiro atoms. The summed E-state index contributed by atoms with van der Waals surface area (Å²) in [6.45, 7) is 8.20. The minimum absolute atomic E-state index is 0.153. The molecule has 0 bridgehead atoms. The van der Waals surface area contributed by atoms with Gasteiger partial charge < -0.3 is 10.6 Å². The van der Waals surface area contributed by atoms with Crippen LogP contribution < -0.4 is 10.6 Å². The van der Waals surface area contributed by atoms with E-state index in [1.54, 1.807) is 6.20 Å². The van der Waals surface area contributed by atoms with Crippen LogP contribution in [0.2, 0.25) is 5.15 Å². The fourth-order valence-corrected chi connectivity index (χ4v) is 1.61. The summed E-state index contributed by atoms with van der Waals surface area (Å²) in [4.78, 5) is 4.04. The molecule has 3 nitrogen and oxygen atoms in total. The minimum Gasteiger partial charge on any atom is -0.382 e. The zero-order valence-corrected chi connectivity index (χ0v) is 12.1. The number of hydrogen-bond acceptors (Lipinski definition) is 3. The fraction of sp³-hybridized carbons (Fsp3) is 0.545. The molecular formula is C11H17BrClN3. The molecule has 0 saturated carbocycles. The number of nitrogens with zero attached hydrogens (tertiary/aromatic N) is 1. The largest absolute Gasteiger partial charge is 0.382 e. The monoisotopic (exact) mass is 305 g/mol. The zero-order chi connectivity index (χ0) is 12.2. The topological polar surface area (TPSA) is 37.0 Å². The van der Waals surface area contributed by atoms with Crippen LogP contribution in [0.5, 0.6) is 0 Å². The predicted octanol–water partition coefficient (Wildman–Crippen LogP) is 3.30. The van der Waals surface area contributed by atoms with Crippen molar-refractivity contribution in [2.75, 3.05) is 18.4 Å². The highest BCUT2D eigenvalue weighted by molar-refractivity contribution is 9.10. The van der Waals surface area contributed by atoms with Gasteiger partial charge in [-0.1, -0.05) is 11.6 Å². The second-order valence-electron chi connectivity index (χ2n) is 4.60. The highest BCUT2D eigenvalue weighted by Gasteiger charge is 2.07. The number of hydrogen-bond donors (Lipinski definition) is 2. The molecule has 0 saturated heterocycles. The summed E-state index contributed by atoms with van der Waals surface area (Å²) in [5.41, 5.74) is 1.12. The van der Waals surface area contributed by atoms with Crippen molar-refractivity contribution in [3.05, 3.63) is 21.9 Å². The lowest BCUT2D eigenvalue weighted by Crippen LogP contribution is -2.38. The molecule has 0 radical (unpaired) electrons. The van der Waals surface area contributed by atoms with E-state index < -0.39 is 0 Å². The van der Waals surface area contributed by atoms with E-state index in [1.165, 1.54) is 0 Å². The Balaban J connectivity index is 2.35. The normalized spacial score (nSPS) is 11.6. The van der Waals surface area contributed by atoms with Crippen molar-refractivity contribution in [2.24, 2.45) is 0 Å². The SMILES string of the molecule is CC(C)(C)NCCNc1cnc(Cl)c(Br)c1. The van der Waals surface area contributed by atoms with Gasteiger partial charge in [0.2, 0.25) is 0 Å². The molecule has 2 N–H and O–H groups in total. The number of rotatable bonds is 4. The van der Waals surface area contributed by atoms with E-state index in [4.69, 9.17) is 11.6 Å². The van der Waals surface area contributed by atoms with E-state index >= 15 is 0 Å². The molecule has 0 aliphatic rings. The molecule has 0 aliphatic heterocycles. The van der Waals surface area contributed by atoms with Crippen molar-refractivity contribution in [2.45, 2.75) is 26.3 Å². The number of halogens is 2. The van der Waals surface area contributed by atoms with E-state index in [0.717, 1.165) is 23.2 Å². The number of pyridine rings is 1. The predicted molar refractivity (Wildman–Crippen MR) is 73.2 cm³/mol. The van der Waals surface area contributed by atoms with Crippen molar-refractivity contribution in [3.8, 4) is 0 Å². The molecule has 0 aliphatic carbocycles. The molecule has 0 amide bonds. The Labute approximate surface area is 110 Å². The average molecular weight is 307 g/mol. The third-order valence-corrected chi connectivity index (χ3v) is 3.04. The van der Waals surface area contributed by atoms with E-state index in [2.05, 4.69) is 52.3 Å². The van der Waals surface area contributed by atoms with Crippen molar-refractivity contribution < 1.29 is 0 Å². The van der Waals surface area contributed by atoms with E-state index in [-0.39, 0.29) is 5.54 Å². The lowest BCUT2D eigenvalue weighted by atomic mass is 10.1. The van der Waals surface area contributed by atoms with E-state index in [1.807, 2.05) is 6.07 Å². The van der Waals surface area contributed by atoms with E-state index in [9.17, 15) is 0 Å². The Hall–Kier alpha value is -0.320. The summed E-state index contributed by atoms with van der Waals surface area (Å²) < 4.78 is 0.808. The quantitative estimate of drug-likeness (QED) is 0.662. The smallest absolute Gasteiger partial charge is 0.143 e. The Morgan fingerprint density at radius 2 is 2.06 bits per heavy atom. The van der Waals surface area contributed by atoms with Gasteiger partial charge >= 0.3 is 0 Å². The molecular weight excluding hydrogens is 289 g/mol. The van der Waals surface area contributed by atoms with Crippen molar-refractivity contribution in [1.29, 1.82) is 0 Å². The molecule has 1 aromatic rings. The Morgan fingerprint density at radius 1 is 1.38 bits per heavy atom. The number of nitrogens with one attached hydrogen (secondary N) is 2. The van der Waals surface area contributed by atoms with Crippen LogP contribution in [-0.4, -0.2) is 23.6 Å². The maximum absolute atomic E-state index is 5.80. The third kappa shape index (κ3) is 5.14. The highest BCUT2D eigenvalue weighted by Crippen LogP contribution is 2.22. The van der Waals surface area contributed by atoms with Gasteiger partial charge in [0.1, 0.15) is 5.15 Å². The van der Waals surface area contributed by atoms with Crippen molar-refractivity contribution in [1.82, 2.24) is 10.3 Å². The summed E-state index contributed by atoms with van der Waals surface area (Å²) in [5.74, 6) is 0. The highest BCUT2D eigenvalue weighted by atomic mass is 79.9. The van der Waals surface area contributed by atoms with Gasteiger partial charge in [-0.05, 0) is 42.8 Å². The molecule has 0 atom stereocenters. The Bertz CT molecular complexity index is 350. The van der Waals surface area contributed by atoms with Crippen LogP contribution in [-0.2, 0) is 0 Å². The van der Waals surface area contributed by atoms with Crippen molar-refractivity contribution >= 4 is 33.2 Å². The standard InChI is InChI=1S/C11H17BrClN3/c1-11(2,3)16-5-4-14-8-6-9(12)10(13)15-7-8/h6-7,14,16H,4-5H2,1-3H3. The van der Waals surface area contributed by atoms with Crippen LogP contribution >= 0.6 is 27.5 Å². The van der Waals surface area contributed by atoms with Gasteiger partial charge in [-0.25, -0.2) is 4.98 Å². The van der Waals surface area contributed by atoms with Gasteiger partial charge in [0.25, 0.3) is 0 Å². The summed E-state index contributed by atoms with van der Waals surface area (Å²) in [6, 6.07) is 1.92. The maximum Gasteiger partial charge on any atom is 0.143 e. The van der Waals surface area contributed by atoms with Gasteiger partial charge in [0.05, 0.1) is 16.4 Å². The average Bonchev–Trinajstić information content (AvgIpc) is 2.17. The van der Waals surface area contributed by atoms with Gasteiger partial charge in [-0.2, -0.15) is 0 Å². The first-order valence-electron chi connectivity index (χ1n) is 5.18. The first kappa shape index (κ1) is 13.7. The summed E-state index contributed by atoms with van der Waals surface area (Å²) in [6.07, 6.45) is 1.73. The van der Waals surface area contributed by atoms with Crippen LogP contribution in [0, 0.1) is 0 Å². The van der Waals surface area contributed by atoms with Crippen molar-refractivity contribution in [3.63, 3.8) is 0 Å². The minimum atomic E-state index is 0.153. The molecule has 5 heteroatoms. The van der Waals surface area contributed by atoms with Gasteiger partial charge in [-0.15, -0.1) is 0 Å². The zero-order valence-electron chi connectivity index (χ0n) is 9.77. The second-order valence-corrected chi connectivity index (χ2v) is 5.81. The Morgan fingerprint density at radius 3 is 2.62 bits per heavy atom. The van der Waals surface area contributed by atoms with Gasteiger partial charge in [-0.3, -0.25) is 0 Å². The molecule has 0 fully saturated rings. The molecule has 0 aromatic carbocycles. The number of anilines is 1. The summed E-state index contributed by atoms with van der Waals surface area (Å²) in [7, 11) is 0. The first-order valence-corrected chi connectivity index (χ1v) is 6.35. The second kappa shape index (κ2) is 5.84. The fourth-order valence-electron chi connectivity index (χ4n) is 1.16. The summed E-state index contributed by atoms with van der Waals surface area (Å²) >= 11 is 9.14. The van der Waals surface area contributed by atoms with Crippen LogP contribution in [0.4, 0.5) is 5.69 Å². The lowest BCUT2D eigenvalue weighted by Gasteiger charge is -2.20. The van der Waals surface area contributed by atoms with Gasteiger partial charge in [0, 0.05) is 18.6 Å². The van der Waals surface area contributed by atoms with Crippen LogP contribution in [0.3, 0.4) is 0 Å². The molecule has 90 valence electrons. The molecule has 1 aromatic heterocycles. The lowest BCUT2D eigenvalue weighted by molar-refractivity contribution is 0.435. The third-order valence-electron chi connectivity index (χ3n) is 1.91. The molecule has 0 unspecified atom stereocenters. The van der Waals surface area contributed by atoms with Gasteiger partial charge in [0.15, 0.2) is 0 Å².